The molecule has 21 heavy (non-hydrogen) atoms. The minimum atomic E-state index is -3.70. The topological polar surface area (TPSA) is 83.5 Å². The molecule has 0 radical (unpaired) electrons. The fourth-order valence-electron chi connectivity index (χ4n) is 2.50. The fourth-order valence-corrected chi connectivity index (χ4v) is 4.41. The van der Waals surface area contributed by atoms with Crippen molar-refractivity contribution in [1.29, 1.82) is 0 Å². The van der Waals surface area contributed by atoms with Crippen LogP contribution >= 0.6 is 0 Å². The van der Waals surface area contributed by atoms with Crippen LogP contribution in [0.3, 0.4) is 0 Å². The Morgan fingerprint density at radius 1 is 1.19 bits per heavy atom. The van der Waals surface area contributed by atoms with Crippen molar-refractivity contribution >= 4 is 16.0 Å². The van der Waals surface area contributed by atoms with E-state index in [-0.39, 0.29) is 11.3 Å². The molecule has 2 N–H and O–H groups in total. The minimum Gasteiger partial charge on any atom is -0.481 e. The monoisotopic (exact) mass is 313 g/mol. The summed E-state index contributed by atoms with van der Waals surface area (Å²) in [5, 5.41) is 9.00. The van der Waals surface area contributed by atoms with Crippen molar-refractivity contribution in [2.24, 2.45) is 0 Å². The van der Waals surface area contributed by atoms with Crippen molar-refractivity contribution < 1.29 is 18.3 Å². The van der Waals surface area contributed by atoms with Gasteiger partial charge in [-0.3, -0.25) is 4.79 Å². The summed E-state index contributed by atoms with van der Waals surface area (Å²) in [6, 6.07) is 1.72. The summed E-state index contributed by atoms with van der Waals surface area (Å²) in [5.74, 6) is -0.975. The maximum absolute atomic E-state index is 12.6. The second-order valence-electron chi connectivity index (χ2n) is 6.37. The van der Waals surface area contributed by atoms with Crippen LogP contribution in [0.25, 0.3) is 0 Å². The highest BCUT2D eigenvalue weighted by Gasteiger charge is 2.27. The normalized spacial score (nSPS) is 12.5. The maximum Gasteiger partial charge on any atom is 0.307 e. The van der Waals surface area contributed by atoms with E-state index < -0.39 is 21.5 Å². The van der Waals surface area contributed by atoms with Gasteiger partial charge in [0.2, 0.25) is 10.0 Å². The van der Waals surface area contributed by atoms with Crippen molar-refractivity contribution in [2.75, 3.05) is 0 Å². The molecular weight excluding hydrogens is 290 g/mol. The number of sulfonamides is 1. The second-order valence-corrected chi connectivity index (χ2v) is 7.99. The van der Waals surface area contributed by atoms with Gasteiger partial charge in [0.1, 0.15) is 0 Å². The largest absolute Gasteiger partial charge is 0.481 e. The van der Waals surface area contributed by atoms with Crippen molar-refractivity contribution in [3.63, 3.8) is 0 Å². The molecule has 118 valence electrons. The number of hydrogen-bond donors (Lipinski definition) is 2. The van der Waals surface area contributed by atoms with Crippen LogP contribution < -0.4 is 4.72 Å². The number of aliphatic carboxylic acids is 1. The second kappa shape index (κ2) is 5.77. The highest BCUT2D eigenvalue weighted by Crippen LogP contribution is 2.27. The van der Waals surface area contributed by atoms with Crippen molar-refractivity contribution in [1.82, 2.24) is 4.72 Å². The molecule has 0 heterocycles. The molecule has 0 amide bonds. The van der Waals surface area contributed by atoms with Gasteiger partial charge in [0.05, 0.1) is 11.3 Å². The first-order valence-corrected chi connectivity index (χ1v) is 8.19. The average molecular weight is 313 g/mol. The van der Waals surface area contributed by atoms with Gasteiger partial charge >= 0.3 is 5.97 Å². The smallest absolute Gasteiger partial charge is 0.307 e. The molecule has 5 nitrogen and oxygen atoms in total. The van der Waals surface area contributed by atoms with E-state index in [9.17, 15) is 13.2 Å². The Balaban J connectivity index is 3.54. The van der Waals surface area contributed by atoms with E-state index in [4.69, 9.17) is 5.11 Å². The number of aryl methyl sites for hydroxylation is 2. The molecule has 1 aromatic carbocycles. The third kappa shape index (κ3) is 4.28. The number of carboxylic acids is 1. The molecule has 0 bridgehead atoms. The molecular formula is C15H23NO4S. The van der Waals surface area contributed by atoms with Crippen LogP contribution in [0.4, 0.5) is 0 Å². The molecule has 1 rings (SSSR count). The Morgan fingerprint density at radius 3 is 2.14 bits per heavy atom. The molecule has 0 aliphatic carbocycles. The molecule has 0 aliphatic rings. The molecule has 1 aromatic rings. The van der Waals surface area contributed by atoms with Crippen LogP contribution in [0.1, 0.15) is 43.0 Å². The Labute approximate surface area is 126 Å². The van der Waals surface area contributed by atoms with Crippen LogP contribution in [0.5, 0.6) is 0 Å². The van der Waals surface area contributed by atoms with Gasteiger partial charge in [-0.15, -0.1) is 0 Å². The van der Waals surface area contributed by atoms with Crippen LogP contribution in [0.2, 0.25) is 0 Å². The SMILES string of the molecule is Cc1cc(C)c(S(=O)(=O)NC(C)(C)C)c(C)c1CC(=O)O. The van der Waals surface area contributed by atoms with Gasteiger partial charge in [-0.05, 0) is 63.8 Å². The van der Waals surface area contributed by atoms with E-state index in [2.05, 4.69) is 4.72 Å². The fraction of sp³-hybridized carbons (Fsp3) is 0.533. The third-order valence-corrected chi connectivity index (χ3v) is 5.14. The molecule has 0 saturated heterocycles. The summed E-state index contributed by atoms with van der Waals surface area (Å²) in [6.45, 7) is 10.5. The molecule has 0 spiro atoms. The Morgan fingerprint density at radius 2 is 1.71 bits per heavy atom. The van der Waals surface area contributed by atoms with Crippen LogP contribution in [0, 0.1) is 20.8 Å². The molecule has 0 unspecified atom stereocenters. The van der Waals surface area contributed by atoms with Crippen LogP contribution in [-0.2, 0) is 21.2 Å². The Kier molecular flexibility index (Phi) is 4.85. The summed E-state index contributed by atoms with van der Waals surface area (Å²) in [7, 11) is -3.70. The first-order valence-electron chi connectivity index (χ1n) is 6.70. The quantitative estimate of drug-likeness (QED) is 0.893. The summed E-state index contributed by atoms with van der Waals surface area (Å²) in [4.78, 5) is 11.2. The zero-order valence-electron chi connectivity index (χ0n) is 13.4. The lowest BCUT2D eigenvalue weighted by atomic mass is 9.97. The molecule has 0 aromatic heterocycles. The molecule has 0 saturated carbocycles. The summed E-state index contributed by atoms with van der Waals surface area (Å²) in [5.41, 5.74) is 1.88. The first kappa shape index (κ1) is 17.7. The highest BCUT2D eigenvalue weighted by atomic mass is 32.2. The lowest BCUT2D eigenvalue weighted by Gasteiger charge is -2.23. The first-order chi connectivity index (χ1) is 9.35. The maximum atomic E-state index is 12.6. The lowest BCUT2D eigenvalue weighted by Crippen LogP contribution is -2.41. The van der Waals surface area contributed by atoms with Crippen LogP contribution in [0.15, 0.2) is 11.0 Å². The minimum absolute atomic E-state index is 0.180. The van der Waals surface area contributed by atoms with Crippen molar-refractivity contribution in [3.05, 3.63) is 28.3 Å². The van der Waals surface area contributed by atoms with Crippen LogP contribution in [-0.4, -0.2) is 25.0 Å². The molecule has 6 heteroatoms. The highest BCUT2D eigenvalue weighted by molar-refractivity contribution is 7.89. The third-order valence-electron chi connectivity index (χ3n) is 3.10. The standard InChI is InChI=1S/C15H23NO4S/c1-9-7-10(2)14(11(3)12(9)8-13(17)18)21(19,20)16-15(4,5)6/h7,16H,8H2,1-6H3,(H,17,18). The number of rotatable bonds is 4. The van der Waals surface area contributed by atoms with Gasteiger partial charge in [-0.2, -0.15) is 0 Å². The number of carboxylic acid groups (broad SMARTS) is 1. The number of hydrogen-bond acceptors (Lipinski definition) is 3. The zero-order chi connectivity index (χ0) is 16.6. The van der Waals surface area contributed by atoms with E-state index in [1.54, 1.807) is 47.6 Å². The summed E-state index contributed by atoms with van der Waals surface area (Å²) in [6.07, 6.45) is -0.185. The van der Waals surface area contributed by atoms with E-state index in [1.165, 1.54) is 0 Å². The van der Waals surface area contributed by atoms with E-state index in [1.807, 2.05) is 0 Å². The van der Waals surface area contributed by atoms with Gasteiger partial charge in [0.25, 0.3) is 0 Å². The molecule has 0 fully saturated rings. The number of benzene rings is 1. The van der Waals surface area contributed by atoms with Gasteiger partial charge in [0.15, 0.2) is 0 Å². The Bertz CT molecular complexity index is 670. The van der Waals surface area contributed by atoms with E-state index in [0.29, 0.717) is 16.7 Å². The predicted octanol–water partition coefficient (Wildman–Crippen LogP) is 2.32. The lowest BCUT2D eigenvalue weighted by molar-refractivity contribution is -0.136. The summed E-state index contributed by atoms with van der Waals surface area (Å²) < 4.78 is 27.8. The number of nitrogens with one attached hydrogen (secondary N) is 1. The predicted molar refractivity (Wildman–Crippen MR) is 82.1 cm³/mol. The molecule has 0 aliphatic heterocycles. The van der Waals surface area contributed by atoms with Gasteiger partial charge in [0, 0.05) is 5.54 Å². The van der Waals surface area contributed by atoms with E-state index >= 15 is 0 Å². The summed E-state index contributed by atoms with van der Waals surface area (Å²) >= 11 is 0. The van der Waals surface area contributed by atoms with Gasteiger partial charge in [-0.1, -0.05) is 6.07 Å². The van der Waals surface area contributed by atoms with Crippen molar-refractivity contribution in [2.45, 2.75) is 58.4 Å². The Hall–Kier alpha value is -1.40. The zero-order valence-corrected chi connectivity index (χ0v) is 14.2. The van der Waals surface area contributed by atoms with Gasteiger partial charge in [-0.25, -0.2) is 13.1 Å². The number of carbonyl (C=O) groups is 1. The van der Waals surface area contributed by atoms with E-state index in [0.717, 1.165) is 5.56 Å². The van der Waals surface area contributed by atoms with Gasteiger partial charge < -0.3 is 5.11 Å². The average Bonchev–Trinajstić information content (AvgIpc) is 2.19. The molecule has 0 atom stereocenters. The van der Waals surface area contributed by atoms with Crippen molar-refractivity contribution in [3.8, 4) is 0 Å².